The van der Waals surface area contributed by atoms with Gasteiger partial charge in [-0.15, -0.1) is 10.2 Å². The number of carbonyl (C=O) groups is 2. The number of tetrazole rings is 1. The summed E-state index contributed by atoms with van der Waals surface area (Å²) in [5.41, 5.74) is -0.141. The molecule has 270 valence electrons. The molecule has 1 aliphatic carbocycles. The van der Waals surface area contributed by atoms with Gasteiger partial charge in [0, 0.05) is 6.54 Å². The van der Waals surface area contributed by atoms with Gasteiger partial charge in [-0.2, -0.15) is 41.1 Å². The van der Waals surface area contributed by atoms with Gasteiger partial charge in [-0.25, -0.2) is 14.6 Å². The van der Waals surface area contributed by atoms with E-state index in [-0.39, 0.29) is 34.9 Å². The quantitative estimate of drug-likeness (QED) is 0.205. The molecule has 0 unspecified atom stereocenters. The normalized spacial score (nSPS) is 24.7. The molecule has 5 rings (SSSR count). The zero-order valence-electron chi connectivity index (χ0n) is 26.6. The van der Waals surface area contributed by atoms with Gasteiger partial charge in [-0.1, -0.05) is 20.8 Å². The van der Waals surface area contributed by atoms with Crippen LogP contribution in [0.5, 0.6) is 0 Å². The number of rotatable bonds is 10. The summed E-state index contributed by atoms with van der Waals surface area (Å²) < 4.78 is 96.8. The lowest BCUT2D eigenvalue weighted by molar-refractivity contribution is -0.221. The molecule has 6 atom stereocenters. The van der Waals surface area contributed by atoms with Crippen LogP contribution in [-0.2, 0) is 30.3 Å². The van der Waals surface area contributed by atoms with Gasteiger partial charge in [0.25, 0.3) is 0 Å². The smallest absolute Gasteiger partial charge is 0.448 e. The van der Waals surface area contributed by atoms with Crippen LogP contribution in [0.25, 0.3) is 11.2 Å². The minimum atomic E-state index is -5.60. The molecule has 1 saturated heterocycles. The first-order chi connectivity index (χ1) is 22.9. The van der Waals surface area contributed by atoms with E-state index in [1.807, 2.05) is 20.8 Å². The summed E-state index contributed by atoms with van der Waals surface area (Å²) in [6, 6.07) is -0.442. The third-order valence-electron chi connectivity index (χ3n) is 7.80. The van der Waals surface area contributed by atoms with Crippen LogP contribution in [0, 0.1) is 5.41 Å². The average molecular weight is 709 g/mol. The molecule has 4 heterocycles. The molecule has 0 amide bonds. The largest absolute Gasteiger partial charge is 0.490 e. The Hall–Kier alpha value is -4.34. The van der Waals surface area contributed by atoms with Gasteiger partial charge in [0.2, 0.25) is 11.8 Å². The molecule has 3 N–H and O–H groups in total. The number of halogens is 6. The molecule has 0 bridgehead atoms. The number of imidazole rings is 1. The monoisotopic (exact) mass is 708 g/mol. The van der Waals surface area contributed by atoms with E-state index in [0.717, 1.165) is 15.7 Å². The third kappa shape index (κ3) is 8.11. The van der Waals surface area contributed by atoms with E-state index in [2.05, 4.69) is 50.5 Å². The van der Waals surface area contributed by atoms with Gasteiger partial charge in [-0.05, 0) is 43.2 Å². The number of aliphatic hydroxyl groups is 1. The highest BCUT2D eigenvalue weighted by molar-refractivity contribution is 5.84. The summed E-state index contributed by atoms with van der Waals surface area (Å²) in [6.45, 7) is 8.16. The third-order valence-corrected chi connectivity index (χ3v) is 7.80. The molecule has 0 radical (unpaired) electrons. The number of nitrogens with one attached hydrogen (secondary N) is 2. The zero-order chi connectivity index (χ0) is 35.9. The van der Waals surface area contributed by atoms with Crippen LogP contribution < -0.4 is 10.6 Å². The van der Waals surface area contributed by atoms with Crippen molar-refractivity contribution in [3.05, 3.63) is 12.2 Å². The second-order valence-corrected chi connectivity index (χ2v) is 12.7. The summed E-state index contributed by atoms with van der Waals surface area (Å²) in [4.78, 5) is 38.4. The Bertz CT molecular complexity index is 1660. The molecule has 1 saturated carbocycles. The van der Waals surface area contributed by atoms with E-state index in [9.17, 15) is 41.0 Å². The number of esters is 2. The number of carbonyl (C=O) groups excluding carboxylic acids is 2. The maximum absolute atomic E-state index is 13.5. The van der Waals surface area contributed by atoms with Crippen molar-refractivity contribution in [2.24, 2.45) is 5.41 Å². The Morgan fingerprint density at radius 3 is 2.29 bits per heavy atom. The van der Waals surface area contributed by atoms with Crippen LogP contribution in [0.2, 0.25) is 0 Å². The molecule has 1 aliphatic heterocycles. The SMILES string of the molecule is CCn1nnc([C@H]2O[C@@H](n3cnc4c(NCCC(C)(C)C)nc(N[C@@H]5CCC[C@H]5O)nc43)[C@H](OC(=O)C(F)(F)F)[C@H]2OC(=O)C(F)(F)F)n1. The second-order valence-electron chi connectivity index (χ2n) is 12.7. The van der Waals surface area contributed by atoms with Crippen LogP contribution in [0.4, 0.5) is 38.1 Å². The van der Waals surface area contributed by atoms with Crippen molar-refractivity contribution in [3.8, 4) is 0 Å². The van der Waals surface area contributed by atoms with E-state index >= 15 is 0 Å². The van der Waals surface area contributed by atoms with Crippen molar-refractivity contribution in [1.82, 2.24) is 39.7 Å². The van der Waals surface area contributed by atoms with Gasteiger partial charge in [-0.3, -0.25) is 4.57 Å². The second kappa shape index (κ2) is 13.5. The minimum Gasteiger partial charge on any atom is -0.448 e. The van der Waals surface area contributed by atoms with Gasteiger partial charge in [0.1, 0.15) is 0 Å². The number of fused-ring (bicyclic) bond motifs is 1. The molecule has 3 aromatic heterocycles. The Kier molecular flexibility index (Phi) is 9.92. The Morgan fingerprint density at radius 1 is 1.04 bits per heavy atom. The highest BCUT2D eigenvalue weighted by Gasteiger charge is 2.57. The first-order valence-corrected chi connectivity index (χ1v) is 15.3. The van der Waals surface area contributed by atoms with Gasteiger partial charge >= 0.3 is 24.3 Å². The number of alkyl halides is 6. The Labute approximate surface area is 273 Å². The topological polar surface area (TPSA) is 193 Å². The van der Waals surface area contributed by atoms with E-state index in [4.69, 9.17) is 4.74 Å². The number of aryl methyl sites for hydroxylation is 1. The van der Waals surface area contributed by atoms with Gasteiger partial charge in [0.05, 0.1) is 25.0 Å². The highest BCUT2D eigenvalue weighted by Crippen LogP contribution is 2.44. The van der Waals surface area contributed by atoms with E-state index in [1.54, 1.807) is 6.92 Å². The summed E-state index contributed by atoms with van der Waals surface area (Å²) in [5, 5.41) is 28.0. The number of aromatic nitrogens is 8. The molecule has 0 spiro atoms. The van der Waals surface area contributed by atoms with Crippen molar-refractivity contribution < 1.29 is 55.2 Å². The minimum absolute atomic E-state index is 0.0237. The van der Waals surface area contributed by atoms with Crippen molar-refractivity contribution in [2.45, 2.75) is 109 Å². The molecule has 49 heavy (non-hydrogen) atoms. The van der Waals surface area contributed by atoms with E-state index < -0.39 is 66.8 Å². The summed E-state index contributed by atoms with van der Waals surface area (Å²) in [5.74, 6) is -5.92. The van der Waals surface area contributed by atoms with E-state index in [1.165, 1.54) is 0 Å². The maximum atomic E-state index is 13.5. The molecule has 16 nitrogen and oxygen atoms in total. The Morgan fingerprint density at radius 2 is 1.71 bits per heavy atom. The first-order valence-electron chi connectivity index (χ1n) is 15.3. The number of aliphatic hydroxyl groups excluding tert-OH is 1. The average Bonchev–Trinajstić information content (AvgIpc) is 3.79. The molecule has 3 aromatic rings. The van der Waals surface area contributed by atoms with Crippen LogP contribution in [-0.4, -0.2) is 100 Å². The fourth-order valence-electron chi connectivity index (χ4n) is 5.33. The standard InChI is InChI=1S/C27H34F6N10O6/c1-5-43-40-19(39-41-43)16-15(48-22(45)26(28,29)30)17(49-23(46)27(31,32)33)21(47-16)42-11-35-14-18(34-10-9-25(2,3)4)37-24(38-20(14)42)36-12-7-6-8-13(12)44/h11-13,15-17,21,44H,5-10H2,1-4H3,(H2,34,36,37,38)/t12-,13-,15+,16+,17-,21-/m1/s1. The summed E-state index contributed by atoms with van der Waals surface area (Å²) in [6.07, 6.45) is -16.9. The number of hydrogen-bond acceptors (Lipinski definition) is 14. The molecule has 0 aromatic carbocycles. The fourth-order valence-corrected chi connectivity index (χ4v) is 5.33. The molecule has 22 heteroatoms. The van der Waals surface area contributed by atoms with E-state index in [0.29, 0.717) is 32.2 Å². The van der Waals surface area contributed by atoms with Crippen molar-refractivity contribution in [2.75, 3.05) is 17.2 Å². The van der Waals surface area contributed by atoms with Crippen molar-refractivity contribution >= 4 is 34.9 Å². The summed E-state index contributed by atoms with van der Waals surface area (Å²) in [7, 11) is 0. The number of ether oxygens (including phenoxy) is 3. The van der Waals surface area contributed by atoms with Crippen LogP contribution in [0.3, 0.4) is 0 Å². The first kappa shape index (κ1) is 36.0. The molecular weight excluding hydrogens is 674 g/mol. The lowest BCUT2D eigenvalue weighted by Crippen LogP contribution is -2.42. The number of hydrogen-bond donors (Lipinski definition) is 3. The van der Waals surface area contributed by atoms with Crippen LogP contribution in [0.15, 0.2) is 6.33 Å². The number of nitrogens with zero attached hydrogens (tertiary/aromatic N) is 8. The number of anilines is 2. The van der Waals surface area contributed by atoms with Crippen molar-refractivity contribution in [1.29, 1.82) is 0 Å². The predicted octanol–water partition coefficient (Wildman–Crippen LogP) is 3.22. The molecule has 2 aliphatic rings. The highest BCUT2D eigenvalue weighted by atomic mass is 19.4. The van der Waals surface area contributed by atoms with Crippen LogP contribution in [0.1, 0.15) is 71.5 Å². The van der Waals surface area contributed by atoms with Gasteiger partial charge < -0.3 is 30.0 Å². The fraction of sp³-hybridized carbons (Fsp3) is 0.704. The predicted molar refractivity (Wildman–Crippen MR) is 153 cm³/mol. The lowest BCUT2D eigenvalue weighted by atomic mass is 9.92. The zero-order valence-corrected chi connectivity index (χ0v) is 26.6. The molecule has 2 fully saturated rings. The van der Waals surface area contributed by atoms with Gasteiger partial charge in [0.15, 0.2) is 41.5 Å². The van der Waals surface area contributed by atoms with Crippen LogP contribution >= 0.6 is 0 Å². The molecular formula is C27H34F6N10O6. The summed E-state index contributed by atoms with van der Waals surface area (Å²) >= 11 is 0. The van der Waals surface area contributed by atoms with Crippen molar-refractivity contribution in [3.63, 3.8) is 0 Å². The lowest BCUT2D eigenvalue weighted by Gasteiger charge is -2.25. The maximum Gasteiger partial charge on any atom is 0.490 e. The Balaban J connectivity index is 1.62.